The number of hydrogen-bond acceptors (Lipinski definition) is 5. The van der Waals surface area contributed by atoms with Crippen molar-refractivity contribution < 1.29 is 9.53 Å². The lowest BCUT2D eigenvalue weighted by molar-refractivity contribution is -0.140. The molecule has 5 nitrogen and oxygen atoms in total. The van der Waals surface area contributed by atoms with Crippen LogP contribution in [0.4, 0.5) is 0 Å². The fraction of sp³-hybridized carbons (Fsp3) is 0.471. The van der Waals surface area contributed by atoms with Gasteiger partial charge in [0.1, 0.15) is 5.82 Å². The maximum Gasteiger partial charge on any atom is 0.316 e. The van der Waals surface area contributed by atoms with Crippen LogP contribution in [0, 0.1) is 0 Å². The second kappa shape index (κ2) is 7.64. The molecule has 1 aliphatic carbocycles. The minimum absolute atomic E-state index is 0.195. The molecule has 1 aliphatic rings. The number of unbranched alkanes of at least 4 members (excludes halogenated alkanes) is 1. The van der Waals surface area contributed by atoms with E-state index in [-0.39, 0.29) is 11.7 Å². The molecule has 0 unspecified atom stereocenters. The van der Waals surface area contributed by atoms with Crippen LogP contribution in [0.1, 0.15) is 44.3 Å². The molecule has 122 valence electrons. The van der Waals surface area contributed by atoms with Gasteiger partial charge in [0.15, 0.2) is 5.16 Å². The molecule has 1 aromatic heterocycles. The average molecular weight is 331 g/mol. The van der Waals surface area contributed by atoms with E-state index in [0.29, 0.717) is 12.5 Å². The molecule has 0 bridgehead atoms. The zero-order valence-electron chi connectivity index (χ0n) is 13.3. The Morgan fingerprint density at radius 2 is 2.09 bits per heavy atom. The summed E-state index contributed by atoms with van der Waals surface area (Å²) in [4.78, 5) is 11.8. The maximum absolute atomic E-state index is 11.8. The van der Waals surface area contributed by atoms with Crippen LogP contribution in [0.3, 0.4) is 0 Å². The molecule has 0 N–H and O–H groups in total. The van der Waals surface area contributed by atoms with Gasteiger partial charge in [-0.3, -0.25) is 9.36 Å². The van der Waals surface area contributed by atoms with Gasteiger partial charge in [0.2, 0.25) is 0 Å². The molecule has 3 rings (SSSR count). The van der Waals surface area contributed by atoms with Crippen LogP contribution in [-0.4, -0.2) is 33.1 Å². The van der Waals surface area contributed by atoms with Gasteiger partial charge in [-0.05, 0) is 31.4 Å². The number of nitrogens with zero attached hydrogens (tertiary/aromatic N) is 3. The molecule has 23 heavy (non-hydrogen) atoms. The van der Waals surface area contributed by atoms with Crippen molar-refractivity contribution in [2.75, 3.05) is 12.4 Å². The van der Waals surface area contributed by atoms with Crippen molar-refractivity contribution in [3.63, 3.8) is 0 Å². The number of aromatic nitrogens is 3. The minimum Gasteiger partial charge on any atom is -0.465 e. The number of benzene rings is 1. The van der Waals surface area contributed by atoms with E-state index in [0.717, 1.165) is 42.4 Å². The zero-order chi connectivity index (χ0) is 16.1. The molecule has 1 heterocycles. The zero-order valence-corrected chi connectivity index (χ0v) is 14.1. The van der Waals surface area contributed by atoms with Gasteiger partial charge in [-0.1, -0.05) is 43.3 Å². The third-order valence-electron chi connectivity index (χ3n) is 3.70. The normalized spacial score (nSPS) is 14.0. The number of para-hydroxylation sites is 1. The second-order valence-electron chi connectivity index (χ2n) is 5.65. The third-order valence-corrected chi connectivity index (χ3v) is 4.60. The Kier molecular flexibility index (Phi) is 5.33. The SMILES string of the molecule is CCCCOC(=O)CSc1nnc(C2CC2)n1-c1ccccc1. The van der Waals surface area contributed by atoms with Gasteiger partial charge in [-0.25, -0.2) is 0 Å². The predicted molar refractivity (Wildman–Crippen MR) is 89.9 cm³/mol. The van der Waals surface area contributed by atoms with Crippen molar-refractivity contribution >= 4 is 17.7 Å². The summed E-state index contributed by atoms with van der Waals surface area (Å²) in [5, 5.41) is 9.39. The lowest BCUT2D eigenvalue weighted by Crippen LogP contribution is -2.09. The summed E-state index contributed by atoms with van der Waals surface area (Å²) in [5.74, 6) is 1.56. The topological polar surface area (TPSA) is 57.0 Å². The monoisotopic (exact) mass is 331 g/mol. The average Bonchev–Trinajstić information content (AvgIpc) is 3.33. The van der Waals surface area contributed by atoms with Crippen molar-refractivity contribution in [3.05, 3.63) is 36.2 Å². The Balaban J connectivity index is 1.71. The molecular weight excluding hydrogens is 310 g/mol. The summed E-state index contributed by atoms with van der Waals surface area (Å²) in [6.07, 6.45) is 4.25. The highest BCUT2D eigenvalue weighted by Crippen LogP contribution is 2.41. The fourth-order valence-electron chi connectivity index (χ4n) is 2.30. The first kappa shape index (κ1) is 16.1. The number of esters is 1. The smallest absolute Gasteiger partial charge is 0.316 e. The van der Waals surface area contributed by atoms with Gasteiger partial charge < -0.3 is 4.74 Å². The molecule has 6 heteroatoms. The molecule has 0 radical (unpaired) electrons. The highest BCUT2D eigenvalue weighted by atomic mass is 32.2. The van der Waals surface area contributed by atoms with Crippen LogP contribution < -0.4 is 0 Å². The van der Waals surface area contributed by atoms with Crippen molar-refractivity contribution in [1.29, 1.82) is 0 Å². The van der Waals surface area contributed by atoms with E-state index >= 15 is 0 Å². The van der Waals surface area contributed by atoms with Gasteiger partial charge in [0.05, 0.1) is 12.4 Å². The molecule has 0 atom stereocenters. The van der Waals surface area contributed by atoms with E-state index in [1.165, 1.54) is 11.8 Å². The van der Waals surface area contributed by atoms with Crippen LogP contribution >= 0.6 is 11.8 Å². The Morgan fingerprint density at radius 3 is 2.78 bits per heavy atom. The van der Waals surface area contributed by atoms with E-state index in [4.69, 9.17) is 4.74 Å². The number of thioether (sulfide) groups is 1. The van der Waals surface area contributed by atoms with E-state index < -0.39 is 0 Å². The lowest BCUT2D eigenvalue weighted by atomic mass is 10.3. The number of carbonyl (C=O) groups is 1. The molecule has 0 amide bonds. The summed E-state index contributed by atoms with van der Waals surface area (Å²) < 4.78 is 7.27. The largest absolute Gasteiger partial charge is 0.465 e. The highest BCUT2D eigenvalue weighted by molar-refractivity contribution is 7.99. The fourth-order valence-corrected chi connectivity index (χ4v) is 3.05. The summed E-state index contributed by atoms with van der Waals surface area (Å²) in [6.45, 7) is 2.57. The molecule has 1 saturated carbocycles. The molecule has 1 fully saturated rings. The van der Waals surface area contributed by atoms with Crippen LogP contribution in [0.2, 0.25) is 0 Å². The van der Waals surface area contributed by atoms with Gasteiger partial charge in [-0.15, -0.1) is 10.2 Å². The Hall–Kier alpha value is -1.82. The summed E-state index contributed by atoms with van der Waals surface area (Å²) in [6, 6.07) is 10.1. The van der Waals surface area contributed by atoms with Crippen LogP contribution in [0.15, 0.2) is 35.5 Å². The van der Waals surface area contributed by atoms with Gasteiger partial charge in [0.25, 0.3) is 0 Å². The number of rotatable bonds is 8. The molecule has 0 saturated heterocycles. The third kappa shape index (κ3) is 4.13. The first-order valence-corrected chi connectivity index (χ1v) is 9.07. The van der Waals surface area contributed by atoms with E-state index in [1.54, 1.807) is 0 Å². The number of carbonyl (C=O) groups excluding carboxylic acids is 1. The molecule has 0 spiro atoms. The van der Waals surface area contributed by atoms with E-state index in [9.17, 15) is 4.79 Å². The lowest BCUT2D eigenvalue weighted by Gasteiger charge is -2.09. The van der Waals surface area contributed by atoms with Gasteiger partial charge in [0, 0.05) is 11.6 Å². The van der Waals surface area contributed by atoms with Crippen molar-refractivity contribution in [3.8, 4) is 5.69 Å². The minimum atomic E-state index is -0.195. The van der Waals surface area contributed by atoms with Gasteiger partial charge >= 0.3 is 5.97 Å². The highest BCUT2D eigenvalue weighted by Gasteiger charge is 2.31. The Bertz CT molecular complexity index is 653. The van der Waals surface area contributed by atoms with Gasteiger partial charge in [-0.2, -0.15) is 0 Å². The van der Waals surface area contributed by atoms with Crippen LogP contribution in [-0.2, 0) is 9.53 Å². The molecular formula is C17H21N3O2S. The maximum atomic E-state index is 11.8. The van der Waals surface area contributed by atoms with Crippen molar-refractivity contribution in [1.82, 2.24) is 14.8 Å². The quantitative estimate of drug-likeness (QED) is 0.420. The van der Waals surface area contributed by atoms with Crippen LogP contribution in [0.25, 0.3) is 5.69 Å². The second-order valence-corrected chi connectivity index (χ2v) is 6.59. The summed E-state index contributed by atoms with van der Waals surface area (Å²) in [7, 11) is 0. The van der Waals surface area contributed by atoms with Crippen molar-refractivity contribution in [2.24, 2.45) is 0 Å². The predicted octanol–water partition coefficient (Wildman–Crippen LogP) is 3.58. The number of ether oxygens (including phenoxy) is 1. The van der Waals surface area contributed by atoms with Crippen molar-refractivity contribution in [2.45, 2.75) is 43.7 Å². The molecule has 2 aromatic rings. The molecule has 0 aliphatic heterocycles. The summed E-state index contributed by atoms with van der Waals surface area (Å²) >= 11 is 1.39. The molecule has 1 aromatic carbocycles. The van der Waals surface area contributed by atoms with E-state index in [2.05, 4.69) is 21.7 Å². The number of hydrogen-bond donors (Lipinski definition) is 0. The Labute approximate surface area is 140 Å². The Morgan fingerprint density at radius 1 is 1.30 bits per heavy atom. The van der Waals surface area contributed by atoms with E-state index in [1.807, 2.05) is 30.3 Å². The van der Waals surface area contributed by atoms with Crippen LogP contribution in [0.5, 0.6) is 0 Å². The first-order valence-electron chi connectivity index (χ1n) is 8.08. The summed E-state index contributed by atoms with van der Waals surface area (Å²) in [5.41, 5.74) is 1.04. The first-order chi connectivity index (χ1) is 11.3. The standard InChI is InChI=1S/C17H21N3O2S/c1-2-3-11-22-15(21)12-23-17-19-18-16(13-9-10-13)20(17)14-7-5-4-6-8-14/h4-8,13H,2-3,9-12H2,1H3.